The largest absolute Gasteiger partial charge is 0.393 e. The van der Waals surface area contributed by atoms with Crippen LogP contribution in [0.1, 0.15) is 45.1 Å². The smallest absolute Gasteiger partial charge is 0.313 e. The van der Waals surface area contributed by atoms with Gasteiger partial charge in [-0.05, 0) is 57.2 Å². The number of halogens is 1. The number of carbonyl (C=O) groups excluding carboxylic acids is 3. The second-order valence-corrected chi connectivity index (χ2v) is 9.08. The first kappa shape index (κ1) is 25.4. The average molecular weight is 475 g/mol. The summed E-state index contributed by atoms with van der Waals surface area (Å²) >= 11 is 0. The van der Waals surface area contributed by atoms with Crippen LogP contribution in [0.3, 0.4) is 0 Å². The molecule has 1 aliphatic heterocycles. The molecule has 34 heavy (non-hydrogen) atoms. The van der Waals surface area contributed by atoms with E-state index in [-0.39, 0.29) is 36.7 Å². The molecule has 0 radical (unpaired) electrons. The van der Waals surface area contributed by atoms with E-state index in [4.69, 9.17) is 11.1 Å². The van der Waals surface area contributed by atoms with E-state index in [9.17, 15) is 23.9 Å². The summed E-state index contributed by atoms with van der Waals surface area (Å²) in [6.45, 7) is 2.83. The van der Waals surface area contributed by atoms with Gasteiger partial charge in [-0.25, -0.2) is 9.80 Å². The number of rotatable bonds is 8. The third kappa shape index (κ3) is 5.44. The quantitative estimate of drug-likeness (QED) is 0.326. The molecular weight excluding hydrogens is 441 g/mol. The maximum Gasteiger partial charge on any atom is 0.313 e. The SMILES string of the molecule is CC(C)=C(F)CNC(=O)[C@@H]1C[C@@H]2C(O)CCC[C@H]2N1C(=O)CNc1ccccc1C(=[NH2+])C(N)=O. The van der Waals surface area contributed by atoms with Gasteiger partial charge < -0.3 is 26.4 Å². The summed E-state index contributed by atoms with van der Waals surface area (Å²) in [4.78, 5) is 39.4. The molecule has 0 spiro atoms. The third-order valence-electron chi connectivity index (χ3n) is 6.64. The standard InChI is InChI=1S/C24H32FN5O4/c1-13(2)16(25)11-29-24(34)19-10-15-18(8-5-9-20(15)31)30(19)21(32)12-28-17-7-4-3-6-14(17)22(26)23(27)33/h3-4,6-7,15,18-20,26,28,31H,5,8-12H2,1-2H3,(H2,27,33)(H,29,34)/p+1/t15-,18+,19-,20?/m0/s1. The summed E-state index contributed by atoms with van der Waals surface area (Å²) in [6.07, 6.45) is 1.77. The predicted molar refractivity (Wildman–Crippen MR) is 125 cm³/mol. The van der Waals surface area contributed by atoms with Gasteiger partial charge in [0.25, 0.3) is 5.71 Å². The van der Waals surface area contributed by atoms with Gasteiger partial charge in [0.05, 0.1) is 24.8 Å². The van der Waals surface area contributed by atoms with Crippen LogP contribution >= 0.6 is 0 Å². The van der Waals surface area contributed by atoms with Crippen LogP contribution < -0.4 is 21.8 Å². The van der Waals surface area contributed by atoms with E-state index in [0.717, 1.165) is 6.42 Å². The lowest BCUT2D eigenvalue weighted by Crippen LogP contribution is -2.52. The molecule has 0 aromatic heterocycles. The topological polar surface area (TPSA) is 150 Å². The van der Waals surface area contributed by atoms with Crippen molar-refractivity contribution in [2.24, 2.45) is 11.7 Å². The van der Waals surface area contributed by atoms with Crippen molar-refractivity contribution >= 4 is 29.1 Å². The number of aliphatic hydroxyl groups excluding tert-OH is 1. The Kier molecular flexibility index (Phi) is 8.03. The lowest BCUT2D eigenvalue weighted by molar-refractivity contribution is -0.139. The first-order valence-corrected chi connectivity index (χ1v) is 11.5. The highest BCUT2D eigenvalue weighted by Gasteiger charge is 2.50. The number of nitrogens with one attached hydrogen (secondary N) is 2. The zero-order valence-electron chi connectivity index (χ0n) is 19.5. The Hall–Kier alpha value is -3.27. The molecule has 184 valence electrons. The first-order chi connectivity index (χ1) is 16.1. The van der Waals surface area contributed by atoms with Crippen molar-refractivity contribution < 1.29 is 29.3 Å². The molecule has 2 aliphatic rings. The van der Waals surface area contributed by atoms with Crippen molar-refractivity contribution in [1.29, 1.82) is 0 Å². The fraction of sp³-hybridized carbons (Fsp3) is 0.500. The predicted octanol–water partition coefficient (Wildman–Crippen LogP) is -0.358. The molecule has 2 fully saturated rings. The molecule has 1 saturated heterocycles. The average Bonchev–Trinajstić information content (AvgIpc) is 3.21. The molecule has 0 bridgehead atoms. The van der Waals surface area contributed by atoms with Gasteiger partial charge in [-0.2, -0.15) is 0 Å². The van der Waals surface area contributed by atoms with Crippen LogP contribution in [-0.2, 0) is 14.4 Å². The van der Waals surface area contributed by atoms with Crippen LogP contribution in [0.5, 0.6) is 0 Å². The molecule has 1 saturated carbocycles. The molecule has 10 heteroatoms. The van der Waals surface area contributed by atoms with E-state index < -0.39 is 29.8 Å². The Morgan fingerprint density at radius 3 is 2.59 bits per heavy atom. The number of benzene rings is 1. The summed E-state index contributed by atoms with van der Waals surface area (Å²) in [5, 5.41) is 21.9. The van der Waals surface area contributed by atoms with Crippen molar-refractivity contribution in [1.82, 2.24) is 10.2 Å². The lowest BCUT2D eigenvalue weighted by Gasteiger charge is -2.35. The van der Waals surface area contributed by atoms with Crippen molar-refractivity contribution in [3.63, 3.8) is 0 Å². The number of para-hydroxylation sites is 1. The second kappa shape index (κ2) is 10.8. The summed E-state index contributed by atoms with van der Waals surface area (Å²) in [5.41, 5.74) is 6.47. The minimum Gasteiger partial charge on any atom is -0.393 e. The number of hydrogen-bond donors (Lipinski definition) is 5. The molecule has 1 heterocycles. The van der Waals surface area contributed by atoms with E-state index in [1.807, 2.05) is 0 Å². The summed E-state index contributed by atoms with van der Waals surface area (Å²) in [6, 6.07) is 5.62. The number of allylic oxidation sites excluding steroid dienone is 1. The first-order valence-electron chi connectivity index (χ1n) is 11.5. The Morgan fingerprint density at radius 1 is 1.21 bits per heavy atom. The molecule has 7 N–H and O–H groups in total. The number of hydrogen-bond acceptors (Lipinski definition) is 5. The van der Waals surface area contributed by atoms with E-state index >= 15 is 0 Å². The maximum absolute atomic E-state index is 13.9. The van der Waals surface area contributed by atoms with Gasteiger partial charge in [0.15, 0.2) is 0 Å². The van der Waals surface area contributed by atoms with Crippen molar-refractivity contribution in [3.05, 3.63) is 41.2 Å². The van der Waals surface area contributed by atoms with Crippen LogP contribution in [-0.4, -0.2) is 64.7 Å². The number of nitrogens with two attached hydrogens (primary N) is 2. The number of fused-ring (bicyclic) bond motifs is 1. The molecule has 1 aliphatic carbocycles. The normalized spacial score (nSPS) is 23.6. The molecule has 9 nitrogen and oxygen atoms in total. The highest BCUT2D eigenvalue weighted by molar-refractivity contribution is 6.43. The van der Waals surface area contributed by atoms with Gasteiger partial charge >= 0.3 is 5.91 Å². The zero-order valence-corrected chi connectivity index (χ0v) is 19.5. The fourth-order valence-electron chi connectivity index (χ4n) is 4.80. The lowest BCUT2D eigenvalue weighted by atomic mass is 9.82. The summed E-state index contributed by atoms with van der Waals surface area (Å²) in [7, 11) is 0. The highest BCUT2D eigenvalue weighted by atomic mass is 19.1. The number of anilines is 1. The van der Waals surface area contributed by atoms with Crippen molar-refractivity contribution in [3.8, 4) is 0 Å². The fourth-order valence-corrected chi connectivity index (χ4v) is 4.80. The van der Waals surface area contributed by atoms with Crippen molar-refractivity contribution in [2.45, 2.75) is 57.7 Å². The maximum atomic E-state index is 13.9. The van der Waals surface area contributed by atoms with Gasteiger partial charge in [-0.1, -0.05) is 12.1 Å². The van der Waals surface area contributed by atoms with Crippen LogP contribution in [0.2, 0.25) is 0 Å². The Bertz CT molecular complexity index is 1010. The van der Waals surface area contributed by atoms with Crippen LogP contribution in [0.15, 0.2) is 35.7 Å². The number of likely N-dealkylation sites (tertiary alicyclic amines) is 1. The monoisotopic (exact) mass is 474 g/mol. The number of nitrogens with zero attached hydrogens (tertiary/aromatic N) is 1. The minimum absolute atomic E-state index is 0.134. The number of amides is 3. The third-order valence-corrected chi connectivity index (χ3v) is 6.64. The summed E-state index contributed by atoms with van der Waals surface area (Å²) < 4.78 is 13.9. The molecule has 1 aromatic rings. The molecule has 1 unspecified atom stereocenters. The Balaban J connectivity index is 1.78. The van der Waals surface area contributed by atoms with E-state index in [0.29, 0.717) is 36.1 Å². The number of primary amides is 1. The van der Waals surface area contributed by atoms with Crippen LogP contribution in [0.4, 0.5) is 10.1 Å². The van der Waals surface area contributed by atoms with E-state index in [2.05, 4.69) is 10.6 Å². The highest BCUT2D eigenvalue weighted by Crippen LogP contribution is 2.40. The van der Waals surface area contributed by atoms with Gasteiger partial charge in [-0.15, -0.1) is 0 Å². The zero-order chi connectivity index (χ0) is 25.0. The van der Waals surface area contributed by atoms with Gasteiger partial charge in [0.1, 0.15) is 11.9 Å². The number of aliphatic hydroxyl groups is 1. The molecule has 1 aromatic carbocycles. The van der Waals surface area contributed by atoms with Gasteiger partial charge in [0.2, 0.25) is 11.8 Å². The minimum atomic E-state index is -0.806. The van der Waals surface area contributed by atoms with Crippen LogP contribution in [0.25, 0.3) is 0 Å². The van der Waals surface area contributed by atoms with Gasteiger partial charge in [0, 0.05) is 17.6 Å². The summed E-state index contributed by atoms with van der Waals surface area (Å²) in [5.74, 6) is -2.20. The Morgan fingerprint density at radius 2 is 1.91 bits per heavy atom. The molecular formula is C24H33FN5O4+. The van der Waals surface area contributed by atoms with E-state index in [1.165, 1.54) is 4.90 Å². The Labute approximate surface area is 198 Å². The molecule has 3 amide bonds. The van der Waals surface area contributed by atoms with E-state index in [1.54, 1.807) is 38.1 Å². The van der Waals surface area contributed by atoms with Gasteiger partial charge in [-0.3, -0.25) is 14.4 Å². The second-order valence-electron chi connectivity index (χ2n) is 9.08. The van der Waals surface area contributed by atoms with Crippen molar-refractivity contribution in [2.75, 3.05) is 18.4 Å². The molecule has 3 rings (SSSR count). The van der Waals surface area contributed by atoms with Crippen LogP contribution in [0, 0.1) is 5.92 Å². The number of carbonyl (C=O) groups is 3. The molecule has 4 atom stereocenters.